The predicted molar refractivity (Wildman–Crippen MR) is 97.1 cm³/mol. The largest absolute Gasteiger partial charge is 0.382 e. The maximum Gasteiger partial charge on any atom is 0.321 e. The fourth-order valence-electron chi connectivity index (χ4n) is 2.56. The lowest BCUT2D eigenvalue weighted by Crippen LogP contribution is -2.25. The minimum absolute atomic E-state index is 0.141. The van der Waals surface area contributed by atoms with Crippen LogP contribution in [0.4, 0.5) is 0 Å². The zero-order valence-electron chi connectivity index (χ0n) is 14.1. The molecule has 10 heteroatoms. The maximum atomic E-state index is 11.7. The Morgan fingerprint density at radius 3 is 2.30 bits per heavy atom. The zero-order valence-corrected chi connectivity index (χ0v) is 15.7. The monoisotopic (exact) mass is 414 g/mol. The van der Waals surface area contributed by atoms with Crippen LogP contribution in [-0.2, 0) is 29.0 Å². The number of benzene rings is 2. The molecule has 0 bridgehead atoms. The van der Waals surface area contributed by atoms with E-state index in [0.717, 1.165) is 5.56 Å². The fraction of sp³-hybridized carbons (Fsp3) is 0.294. The van der Waals surface area contributed by atoms with E-state index < -0.39 is 21.5 Å². The quantitative estimate of drug-likeness (QED) is 0.229. The average Bonchev–Trinajstić information content (AvgIpc) is 2.69. The minimum Gasteiger partial charge on any atom is -0.382 e. The second-order valence-electron chi connectivity index (χ2n) is 5.69. The SMILES string of the molecule is O=S(=O)(CSOOO)Oc1ccc(C2OCC(c3ccccc3)CO2)cc1. The van der Waals surface area contributed by atoms with E-state index in [9.17, 15) is 8.42 Å². The molecule has 27 heavy (non-hydrogen) atoms. The van der Waals surface area contributed by atoms with Crippen molar-refractivity contribution in [1.29, 1.82) is 0 Å². The fourth-order valence-corrected chi connectivity index (χ4v) is 3.83. The Morgan fingerprint density at radius 2 is 1.67 bits per heavy atom. The van der Waals surface area contributed by atoms with Crippen LogP contribution >= 0.6 is 12.0 Å². The topological polar surface area (TPSA) is 101 Å². The summed E-state index contributed by atoms with van der Waals surface area (Å²) >= 11 is 0.378. The number of hydrogen-bond donors (Lipinski definition) is 1. The van der Waals surface area contributed by atoms with Crippen molar-refractivity contribution in [1.82, 2.24) is 0 Å². The van der Waals surface area contributed by atoms with Gasteiger partial charge in [0.2, 0.25) is 0 Å². The first kappa shape index (κ1) is 20.1. The first-order chi connectivity index (χ1) is 13.1. The summed E-state index contributed by atoms with van der Waals surface area (Å²) in [5, 5.41) is 10.8. The summed E-state index contributed by atoms with van der Waals surface area (Å²) in [5.41, 5.74) is 1.93. The van der Waals surface area contributed by atoms with Crippen LogP contribution in [0.5, 0.6) is 5.75 Å². The van der Waals surface area contributed by atoms with E-state index in [0.29, 0.717) is 25.3 Å². The molecule has 0 aliphatic carbocycles. The summed E-state index contributed by atoms with van der Waals surface area (Å²) in [6, 6.07) is 16.4. The molecule has 1 aliphatic heterocycles. The molecule has 1 heterocycles. The molecule has 0 spiro atoms. The first-order valence-electron chi connectivity index (χ1n) is 7.97. The lowest BCUT2D eigenvalue weighted by Gasteiger charge is -2.30. The molecule has 1 N–H and O–H groups in total. The molecule has 1 saturated heterocycles. The third kappa shape index (κ3) is 5.91. The van der Waals surface area contributed by atoms with Crippen LogP contribution in [0, 0.1) is 0 Å². The Hall–Kier alpha value is -1.66. The molecule has 0 radical (unpaired) electrons. The van der Waals surface area contributed by atoms with Crippen molar-refractivity contribution in [2.75, 3.05) is 18.3 Å². The lowest BCUT2D eigenvalue weighted by atomic mass is 10.0. The summed E-state index contributed by atoms with van der Waals surface area (Å²) < 4.78 is 44.0. The van der Waals surface area contributed by atoms with E-state index in [-0.39, 0.29) is 11.7 Å². The van der Waals surface area contributed by atoms with Crippen molar-refractivity contribution in [3.8, 4) is 5.75 Å². The van der Waals surface area contributed by atoms with E-state index in [2.05, 4.69) is 9.37 Å². The van der Waals surface area contributed by atoms with Crippen molar-refractivity contribution >= 4 is 22.2 Å². The van der Waals surface area contributed by atoms with E-state index in [4.69, 9.17) is 18.9 Å². The van der Waals surface area contributed by atoms with Gasteiger partial charge in [-0.2, -0.15) is 8.42 Å². The van der Waals surface area contributed by atoms with Gasteiger partial charge in [-0.15, -0.1) is 4.33 Å². The third-order valence-corrected chi connectivity index (χ3v) is 5.96. The smallest absolute Gasteiger partial charge is 0.321 e. The van der Waals surface area contributed by atoms with Gasteiger partial charge in [-0.3, -0.25) is 0 Å². The van der Waals surface area contributed by atoms with E-state index in [1.54, 1.807) is 12.1 Å². The summed E-state index contributed by atoms with van der Waals surface area (Å²) in [6.07, 6.45) is -0.513. The molecule has 1 fully saturated rings. The van der Waals surface area contributed by atoms with Crippen LogP contribution in [0.3, 0.4) is 0 Å². The Bertz CT molecular complexity index is 803. The molecule has 0 amide bonds. The minimum atomic E-state index is -3.90. The highest BCUT2D eigenvalue weighted by Crippen LogP contribution is 2.30. The van der Waals surface area contributed by atoms with Gasteiger partial charge in [0.1, 0.15) is 5.75 Å². The van der Waals surface area contributed by atoms with E-state index >= 15 is 0 Å². The molecule has 2 aromatic rings. The van der Waals surface area contributed by atoms with Gasteiger partial charge >= 0.3 is 10.1 Å². The number of hydrogen-bond acceptors (Lipinski definition) is 9. The van der Waals surface area contributed by atoms with Crippen molar-refractivity contribution < 1.29 is 36.7 Å². The summed E-state index contributed by atoms with van der Waals surface area (Å²) in [4.78, 5) is 0. The molecule has 1 aliphatic rings. The maximum absolute atomic E-state index is 11.7. The van der Waals surface area contributed by atoms with Gasteiger partial charge in [-0.05, 0) is 17.7 Å². The molecule has 0 atom stereocenters. The third-order valence-electron chi connectivity index (χ3n) is 3.81. The Kier molecular flexibility index (Phi) is 7.07. The van der Waals surface area contributed by atoms with E-state index in [1.807, 2.05) is 30.3 Å². The van der Waals surface area contributed by atoms with Crippen molar-refractivity contribution in [3.63, 3.8) is 0 Å². The van der Waals surface area contributed by atoms with Crippen molar-refractivity contribution in [2.24, 2.45) is 0 Å². The number of ether oxygens (including phenoxy) is 2. The van der Waals surface area contributed by atoms with Crippen LogP contribution in [0.15, 0.2) is 54.6 Å². The van der Waals surface area contributed by atoms with Crippen molar-refractivity contribution in [3.05, 3.63) is 65.7 Å². The van der Waals surface area contributed by atoms with Crippen LogP contribution in [-0.4, -0.2) is 32.0 Å². The highest BCUT2D eigenvalue weighted by atomic mass is 32.3. The molecule has 0 saturated carbocycles. The second-order valence-corrected chi connectivity index (χ2v) is 8.29. The van der Waals surface area contributed by atoms with Gasteiger partial charge < -0.3 is 13.7 Å². The predicted octanol–water partition coefficient (Wildman–Crippen LogP) is 3.25. The van der Waals surface area contributed by atoms with Gasteiger partial charge in [-0.25, -0.2) is 5.26 Å². The molecular formula is C17H18O8S2. The molecule has 3 rings (SSSR count). The first-order valence-corrected chi connectivity index (χ1v) is 10.5. The van der Waals surface area contributed by atoms with Gasteiger partial charge in [0.05, 0.1) is 25.3 Å². The van der Waals surface area contributed by atoms with Crippen LogP contribution in [0.2, 0.25) is 0 Å². The van der Waals surface area contributed by atoms with Gasteiger partial charge in [0.15, 0.2) is 11.4 Å². The Morgan fingerprint density at radius 1 is 1.00 bits per heavy atom. The lowest BCUT2D eigenvalue weighted by molar-refractivity contribution is -0.432. The molecule has 0 unspecified atom stereocenters. The van der Waals surface area contributed by atoms with Gasteiger partial charge in [0, 0.05) is 11.5 Å². The van der Waals surface area contributed by atoms with Gasteiger partial charge in [0.25, 0.3) is 0 Å². The standard InChI is InChI=1S/C17H18O8S2/c18-24-25-26-12-27(19,20)23-16-8-6-14(7-9-16)17-21-10-15(11-22-17)13-4-2-1-3-5-13/h1-9,15,17-18H,10-12H2. The van der Waals surface area contributed by atoms with Crippen LogP contribution < -0.4 is 4.18 Å². The van der Waals surface area contributed by atoms with Crippen LogP contribution in [0.25, 0.3) is 0 Å². The Labute approximate surface area is 161 Å². The van der Waals surface area contributed by atoms with Crippen LogP contribution in [0.1, 0.15) is 23.3 Å². The highest BCUT2D eigenvalue weighted by Gasteiger charge is 2.24. The summed E-state index contributed by atoms with van der Waals surface area (Å²) in [5.74, 6) is 0.319. The summed E-state index contributed by atoms with van der Waals surface area (Å²) in [7, 11) is -3.90. The molecular weight excluding hydrogens is 396 g/mol. The van der Waals surface area contributed by atoms with Crippen molar-refractivity contribution in [2.45, 2.75) is 12.2 Å². The average molecular weight is 414 g/mol. The highest BCUT2D eigenvalue weighted by molar-refractivity contribution is 8.08. The molecule has 0 aromatic heterocycles. The second kappa shape index (κ2) is 9.51. The summed E-state index contributed by atoms with van der Waals surface area (Å²) in [6.45, 7) is 1.07. The van der Waals surface area contributed by atoms with Gasteiger partial charge in [-0.1, -0.05) is 47.5 Å². The molecule has 8 nitrogen and oxygen atoms in total. The van der Waals surface area contributed by atoms with E-state index in [1.165, 1.54) is 17.7 Å². The Balaban J connectivity index is 1.54. The molecule has 146 valence electrons. The molecule has 2 aromatic carbocycles. The number of rotatable bonds is 8. The zero-order chi connectivity index (χ0) is 19.1. The normalized spacial score (nSPS) is 20.3.